The van der Waals surface area contributed by atoms with Gasteiger partial charge in [-0.2, -0.15) is 0 Å². The third-order valence-corrected chi connectivity index (χ3v) is 18.9. The highest BCUT2D eigenvalue weighted by Crippen LogP contribution is 2.25. The first-order valence-electron chi connectivity index (χ1n) is 34.0. The van der Waals surface area contributed by atoms with Crippen molar-refractivity contribution in [2.45, 2.75) is 207 Å². The average molecular weight is 1340 g/mol. The average Bonchev–Trinajstić information content (AvgIpc) is 0.860. The maximum absolute atomic E-state index is 15.6. The van der Waals surface area contributed by atoms with Gasteiger partial charge in [0.1, 0.15) is 60.4 Å². The number of aliphatic hydroxyl groups excluding tert-OH is 1. The van der Waals surface area contributed by atoms with E-state index in [9.17, 15) is 43.5 Å². The van der Waals surface area contributed by atoms with Crippen molar-refractivity contribution in [3.05, 3.63) is 71.8 Å². The lowest BCUT2D eigenvalue weighted by atomic mass is 9.95. The van der Waals surface area contributed by atoms with Crippen molar-refractivity contribution >= 4 is 70.9 Å². The number of hydrogen-bond donors (Lipinski definition) is 4. The summed E-state index contributed by atoms with van der Waals surface area (Å²) in [5.41, 5.74) is 1.30. The maximum Gasteiger partial charge on any atom is 0.248 e. The number of carbonyl (C=O) groups is 12. The highest BCUT2D eigenvalue weighted by molar-refractivity contribution is 6.00. The second-order valence-electron chi connectivity index (χ2n) is 27.9. The number of amides is 12. The molecule has 2 aromatic carbocycles. The van der Waals surface area contributed by atoms with Crippen LogP contribution in [0, 0.1) is 23.7 Å². The Morgan fingerprint density at radius 3 is 1.40 bits per heavy atom. The minimum Gasteiger partial charge on any atom is -0.391 e. The van der Waals surface area contributed by atoms with E-state index < -0.39 is 156 Å². The zero-order valence-electron chi connectivity index (χ0n) is 60.5. The normalized spacial score (nSPS) is 26.0. The van der Waals surface area contributed by atoms with Crippen LogP contribution in [0.1, 0.15) is 139 Å². The Morgan fingerprint density at radius 2 is 0.917 bits per heavy atom. The van der Waals surface area contributed by atoms with Crippen molar-refractivity contribution in [3.63, 3.8) is 0 Å². The number of hydrogen-bond acceptors (Lipinski definition) is 13. The van der Waals surface area contributed by atoms with Crippen LogP contribution in [-0.4, -0.2) is 263 Å². The lowest BCUT2D eigenvalue weighted by Crippen LogP contribution is -2.63. The van der Waals surface area contributed by atoms with Crippen LogP contribution in [0.5, 0.6) is 0 Å². The number of rotatable bonds is 14. The lowest BCUT2D eigenvalue weighted by molar-refractivity contribution is -0.155. The number of aliphatic hydroxyl groups is 1. The van der Waals surface area contributed by atoms with Gasteiger partial charge in [-0.05, 0) is 94.1 Å². The smallest absolute Gasteiger partial charge is 0.248 e. The molecule has 534 valence electrons. The molecule has 0 aliphatic carbocycles. The Hall–Kier alpha value is -7.96. The molecule has 0 unspecified atom stereocenters. The summed E-state index contributed by atoms with van der Waals surface area (Å²) < 4.78 is 0. The molecule has 0 bridgehead atoms. The van der Waals surface area contributed by atoms with Gasteiger partial charge in [-0.25, -0.2) is 0 Å². The molecule has 2 aliphatic rings. The summed E-state index contributed by atoms with van der Waals surface area (Å²) >= 11 is 0. The van der Waals surface area contributed by atoms with E-state index in [4.69, 9.17) is 0 Å². The second kappa shape index (κ2) is 37.0. The van der Waals surface area contributed by atoms with Crippen LogP contribution in [0.15, 0.2) is 60.7 Å². The van der Waals surface area contributed by atoms with Crippen LogP contribution < -0.4 is 16.0 Å². The summed E-state index contributed by atoms with van der Waals surface area (Å²) in [7, 11) is 11.2. The highest BCUT2D eigenvalue weighted by Gasteiger charge is 2.45. The molecule has 25 nitrogen and oxygen atoms in total. The standard InChI is InChI=1S/C71H112N12O13/c1-20-46(8)61-64(89)73-52(67(92)83-34-28-23-29-35-83)41-58(85)75(12)42-59(86)77(14)53(36-43(2)3)62(87)72-47(9)65(90)79(16)55(37-44(4)5)69(94)81(18)57(40-51-32-26-22-27-33-51)70(95)80(17)56(38-45(6)7)68(93)78(15)54(39-50-30-24-21-25-31-50)63(88)74-60(49(11)84)71(96)76(13)48(10)66(91)82(61)19/h21-22,24-27,30-33,43-49,52-57,60-61,84H,20,23,28-29,34-42H2,1-19H3,(H,72,87)(H,73,89)(H,74,88)/t46-,47-,48-,49+,52-,53-,54-,55-,56-,57-,60-,61-/m0/s1. The topological polar surface area (TPSA) is 290 Å². The largest absolute Gasteiger partial charge is 0.391 e. The first-order valence-corrected chi connectivity index (χ1v) is 34.0. The SMILES string of the molecule is CC[C@H](C)[C@H]1C(=O)N[C@H](C(=O)N2CCCCC2)CC(=O)N(C)CC(=O)N(C)[C@@H](CC(C)C)C(=O)N[C@@H](C)C(=O)N(C)[C@@H](CC(C)C)C(=O)N(C)[C@@H](Cc2ccccc2)C(=O)N(C)[C@@H](CC(C)C)C(=O)N(C)[C@@H](Cc2ccccc2)C(=O)N[C@@H]([C@@H](C)O)C(=O)N(C)[C@@H](C)C(=O)N1C. The Balaban J connectivity index is 1.95. The van der Waals surface area contributed by atoms with E-state index >= 15 is 19.2 Å². The van der Waals surface area contributed by atoms with E-state index in [0.29, 0.717) is 43.5 Å². The number of carbonyl (C=O) groups excluding carboxylic acids is 12. The van der Waals surface area contributed by atoms with Crippen LogP contribution in [-0.2, 0) is 70.4 Å². The maximum atomic E-state index is 15.6. The summed E-state index contributed by atoms with van der Waals surface area (Å²) in [6.45, 7) is 19.1. The van der Waals surface area contributed by atoms with E-state index in [2.05, 4.69) is 16.0 Å². The second-order valence-corrected chi connectivity index (χ2v) is 27.9. The molecular weight excluding hydrogens is 1230 g/mol. The van der Waals surface area contributed by atoms with Gasteiger partial charge in [0.05, 0.1) is 19.1 Å². The number of likely N-dealkylation sites (tertiary alicyclic amines) is 1. The number of piperidine rings is 1. The van der Waals surface area contributed by atoms with Gasteiger partial charge in [0.25, 0.3) is 0 Å². The predicted molar refractivity (Wildman–Crippen MR) is 366 cm³/mol. The van der Waals surface area contributed by atoms with Gasteiger partial charge in [-0.3, -0.25) is 57.5 Å². The fourth-order valence-electron chi connectivity index (χ4n) is 12.5. The van der Waals surface area contributed by atoms with Crippen molar-refractivity contribution in [3.8, 4) is 0 Å². The van der Waals surface area contributed by atoms with E-state index in [-0.39, 0.29) is 49.9 Å². The van der Waals surface area contributed by atoms with Crippen LogP contribution >= 0.6 is 0 Å². The van der Waals surface area contributed by atoms with Crippen LogP contribution in [0.4, 0.5) is 0 Å². The van der Waals surface area contributed by atoms with Gasteiger partial charge in [-0.15, -0.1) is 0 Å². The molecule has 2 aliphatic heterocycles. The van der Waals surface area contributed by atoms with Crippen molar-refractivity contribution in [2.75, 3.05) is 76.0 Å². The van der Waals surface area contributed by atoms with Gasteiger partial charge < -0.3 is 65.2 Å². The summed E-state index contributed by atoms with van der Waals surface area (Å²) in [5.74, 6) is -9.52. The van der Waals surface area contributed by atoms with Gasteiger partial charge in [0, 0.05) is 82.3 Å². The first kappa shape index (κ1) is 80.5. The lowest BCUT2D eigenvalue weighted by Gasteiger charge is -2.40. The minimum atomic E-state index is -1.70. The molecule has 0 radical (unpaired) electrons. The molecule has 4 rings (SSSR count). The Labute approximate surface area is 569 Å². The number of nitrogens with zero attached hydrogens (tertiary/aromatic N) is 9. The van der Waals surface area contributed by atoms with Crippen molar-refractivity contribution in [1.82, 2.24) is 60.0 Å². The molecule has 0 aromatic heterocycles. The van der Waals surface area contributed by atoms with Crippen molar-refractivity contribution in [1.29, 1.82) is 0 Å². The fourth-order valence-corrected chi connectivity index (χ4v) is 12.5. The molecule has 2 saturated heterocycles. The first-order chi connectivity index (χ1) is 45.0. The monoisotopic (exact) mass is 1340 g/mol. The molecule has 0 saturated carbocycles. The third-order valence-electron chi connectivity index (χ3n) is 18.9. The molecule has 0 spiro atoms. The molecule has 96 heavy (non-hydrogen) atoms. The van der Waals surface area contributed by atoms with Crippen LogP contribution in [0.2, 0.25) is 0 Å². The van der Waals surface area contributed by atoms with Crippen LogP contribution in [0.3, 0.4) is 0 Å². The molecule has 4 N–H and O–H groups in total. The van der Waals surface area contributed by atoms with Gasteiger partial charge in [0.15, 0.2) is 0 Å². The molecule has 2 fully saturated rings. The Bertz CT molecular complexity index is 3000. The fraction of sp³-hybridized carbons (Fsp3) is 0.662. The molecule has 2 aromatic rings. The number of likely N-dealkylation sites (N-methyl/N-ethyl adjacent to an activating group) is 8. The van der Waals surface area contributed by atoms with E-state index in [0.717, 1.165) is 16.2 Å². The minimum absolute atomic E-state index is 0.0217. The van der Waals surface area contributed by atoms with Crippen LogP contribution in [0.25, 0.3) is 0 Å². The van der Waals surface area contributed by atoms with Gasteiger partial charge in [0.2, 0.25) is 70.9 Å². The van der Waals surface area contributed by atoms with Gasteiger partial charge in [-0.1, -0.05) is 122 Å². The summed E-state index contributed by atoms with van der Waals surface area (Å²) in [6, 6.07) is 4.51. The molecule has 12 amide bonds. The highest BCUT2D eigenvalue weighted by atomic mass is 16.3. The Morgan fingerprint density at radius 1 is 0.479 bits per heavy atom. The zero-order valence-corrected chi connectivity index (χ0v) is 60.5. The van der Waals surface area contributed by atoms with E-state index in [1.54, 1.807) is 79.4 Å². The van der Waals surface area contributed by atoms with E-state index in [1.807, 2.05) is 41.5 Å². The molecule has 25 heteroatoms. The quantitative estimate of drug-likeness (QED) is 0.212. The molecule has 12 atom stereocenters. The Kier molecular flexibility index (Phi) is 31.0. The van der Waals surface area contributed by atoms with Crippen molar-refractivity contribution in [2.24, 2.45) is 23.7 Å². The molecule has 2 heterocycles. The van der Waals surface area contributed by atoms with Crippen molar-refractivity contribution < 1.29 is 62.6 Å². The third kappa shape index (κ3) is 21.5. The number of nitrogens with one attached hydrogen (secondary N) is 3. The summed E-state index contributed by atoms with van der Waals surface area (Å²) in [5, 5.41) is 19.7. The number of benzene rings is 2. The van der Waals surface area contributed by atoms with Gasteiger partial charge >= 0.3 is 0 Å². The predicted octanol–water partition coefficient (Wildman–Crippen LogP) is 3.19. The van der Waals surface area contributed by atoms with E-state index in [1.165, 1.54) is 107 Å². The zero-order chi connectivity index (χ0) is 72.3. The molecular formula is C71H112N12O13. The summed E-state index contributed by atoms with van der Waals surface area (Å²) in [6.07, 6.45) is 0.664. The summed E-state index contributed by atoms with van der Waals surface area (Å²) in [4.78, 5) is 189.